The SMILES string of the molecule is COc1ccccc1C(=O)NCCOc1ccccc1N. The predicted molar refractivity (Wildman–Crippen MR) is 81.7 cm³/mol. The van der Waals surface area contributed by atoms with Crippen molar-refractivity contribution in [3.05, 3.63) is 54.1 Å². The molecule has 0 heterocycles. The van der Waals surface area contributed by atoms with Gasteiger partial charge in [0.15, 0.2) is 0 Å². The first kappa shape index (κ1) is 14.7. The highest BCUT2D eigenvalue weighted by molar-refractivity contribution is 5.96. The summed E-state index contributed by atoms with van der Waals surface area (Å²) < 4.78 is 10.7. The van der Waals surface area contributed by atoms with Crippen molar-refractivity contribution in [1.29, 1.82) is 0 Å². The zero-order valence-electron chi connectivity index (χ0n) is 11.8. The van der Waals surface area contributed by atoms with E-state index in [4.69, 9.17) is 15.2 Å². The van der Waals surface area contributed by atoms with Gasteiger partial charge in [0.2, 0.25) is 0 Å². The molecule has 3 N–H and O–H groups in total. The maximum absolute atomic E-state index is 12.0. The van der Waals surface area contributed by atoms with Crippen molar-refractivity contribution in [3.8, 4) is 11.5 Å². The molecule has 0 aliphatic carbocycles. The Hall–Kier alpha value is -2.69. The number of anilines is 1. The number of nitrogen functional groups attached to an aromatic ring is 1. The molecular weight excluding hydrogens is 268 g/mol. The highest BCUT2D eigenvalue weighted by atomic mass is 16.5. The van der Waals surface area contributed by atoms with Crippen LogP contribution in [0.1, 0.15) is 10.4 Å². The average Bonchev–Trinajstić information content (AvgIpc) is 2.52. The molecule has 0 aliphatic rings. The summed E-state index contributed by atoms with van der Waals surface area (Å²) in [5.41, 5.74) is 6.84. The quantitative estimate of drug-likeness (QED) is 0.630. The van der Waals surface area contributed by atoms with Gasteiger partial charge in [-0.05, 0) is 24.3 Å². The van der Waals surface area contributed by atoms with Crippen molar-refractivity contribution in [2.24, 2.45) is 0 Å². The van der Waals surface area contributed by atoms with E-state index < -0.39 is 0 Å². The second kappa shape index (κ2) is 7.19. The first-order valence-electron chi connectivity index (χ1n) is 6.61. The van der Waals surface area contributed by atoms with E-state index in [2.05, 4.69) is 5.32 Å². The summed E-state index contributed by atoms with van der Waals surface area (Å²) in [6.45, 7) is 0.723. The van der Waals surface area contributed by atoms with Gasteiger partial charge in [-0.2, -0.15) is 0 Å². The minimum atomic E-state index is -0.197. The van der Waals surface area contributed by atoms with Gasteiger partial charge in [0.25, 0.3) is 5.91 Å². The average molecular weight is 286 g/mol. The van der Waals surface area contributed by atoms with Crippen LogP contribution < -0.4 is 20.5 Å². The largest absolute Gasteiger partial charge is 0.496 e. The van der Waals surface area contributed by atoms with E-state index >= 15 is 0 Å². The van der Waals surface area contributed by atoms with Crippen molar-refractivity contribution in [3.63, 3.8) is 0 Å². The summed E-state index contributed by atoms with van der Waals surface area (Å²) >= 11 is 0. The number of rotatable bonds is 6. The maximum Gasteiger partial charge on any atom is 0.255 e. The summed E-state index contributed by atoms with van der Waals surface area (Å²) in [5, 5.41) is 2.78. The van der Waals surface area contributed by atoms with Crippen molar-refractivity contribution in [2.45, 2.75) is 0 Å². The Morgan fingerprint density at radius 1 is 1.10 bits per heavy atom. The zero-order chi connectivity index (χ0) is 15.1. The molecule has 0 unspecified atom stereocenters. The van der Waals surface area contributed by atoms with Crippen LogP contribution in [0.15, 0.2) is 48.5 Å². The lowest BCUT2D eigenvalue weighted by molar-refractivity contribution is 0.0944. The van der Waals surface area contributed by atoms with Crippen LogP contribution in [0, 0.1) is 0 Å². The van der Waals surface area contributed by atoms with Crippen molar-refractivity contribution < 1.29 is 14.3 Å². The van der Waals surface area contributed by atoms with Gasteiger partial charge in [-0.3, -0.25) is 4.79 Å². The molecule has 0 radical (unpaired) electrons. The molecule has 0 atom stereocenters. The number of nitrogens with two attached hydrogens (primary N) is 1. The number of methoxy groups -OCH3 is 1. The molecule has 0 fully saturated rings. The van der Waals surface area contributed by atoms with Crippen molar-refractivity contribution in [2.75, 3.05) is 26.0 Å². The number of para-hydroxylation sites is 3. The van der Waals surface area contributed by atoms with Gasteiger partial charge in [0.05, 0.1) is 24.9 Å². The molecular formula is C16H18N2O3. The Bertz CT molecular complexity index is 614. The molecule has 110 valence electrons. The van der Waals surface area contributed by atoms with Gasteiger partial charge in [-0.1, -0.05) is 24.3 Å². The van der Waals surface area contributed by atoms with Crippen LogP contribution in [-0.2, 0) is 0 Å². The molecule has 0 aliphatic heterocycles. The summed E-state index contributed by atoms with van der Waals surface area (Å²) in [6, 6.07) is 14.3. The van der Waals surface area contributed by atoms with E-state index in [-0.39, 0.29) is 5.91 Å². The third-order valence-corrected chi connectivity index (χ3v) is 2.92. The third kappa shape index (κ3) is 3.89. The fourth-order valence-corrected chi connectivity index (χ4v) is 1.86. The number of nitrogens with one attached hydrogen (secondary N) is 1. The smallest absolute Gasteiger partial charge is 0.255 e. The van der Waals surface area contributed by atoms with Gasteiger partial charge in [-0.25, -0.2) is 0 Å². The van der Waals surface area contributed by atoms with Crippen LogP contribution in [0.3, 0.4) is 0 Å². The molecule has 1 amide bonds. The monoisotopic (exact) mass is 286 g/mol. The lowest BCUT2D eigenvalue weighted by atomic mass is 10.2. The number of hydrogen-bond donors (Lipinski definition) is 2. The number of amides is 1. The van der Waals surface area contributed by atoms with Crippen molar-refractivity contribution >= 4 is 11.6 Å². The molecule has 2 aromatic rings. The fourth-order valence-electron chi connectivity index (χ4n) is 1.86. The molecule has 2 aromatic carbocycles. The number of carbonyl (C=O) groups is 1. The van der Waals surface area contributed by atoms with Gasteiger partial charge in [0.1, 0.15) is 18.1 Å². The van der Waals surface area contributed by atoms with Crippen LogP contribution in [0.4, 0.5) is 5.69 Å². The zero-order valence-corrected chi connectivity index (χ0v) is 11.8. The molecule has 5 heteroatoms. The molecule has 0 bridgehead atoms. The van der Waals surface area contributed by atoms with E-state index in [0.29, 0.717) is 35.9 Å². The topological polar surface area (TPSA) is 73.6 Å². The predicted octanol–water partition coefficient (Wildman–Crippen LogP) is 2.09. The lowest BCUT2D eigenvalue weighted by Crippen LogP contribution is -2.28. The molecule has 21 heavy (non-hydrogen) atoms. The first-order chi connectivity index (χ1) is 10.2. The Morgan fingerprint density at radius 2 is 1.76 bits per heavy atom. The molecule has 0 saturated carbocycles. The summed E-state index contributed by atoms with van der Waals surface area (Å²) in [5.74, 6) is 0.962. The van der Waals surface area contributed by atoms with E-state index in [1.54, 1.807) is 30.3 Å². The normalized spacial score (nSPS) is 9.95. The maximum atomic E-state index is 12.0. The molecule has 0 aromatic heterocycles. The molecule has 0 saturated heterocycles. The fraction of sp³-hybridized carbons (Fsp3) is 0.188. The standard InChI is InChI=1S/C16H18N2O3/c1-20-14-8-4-2-6-12(14)16(19)18-10-11-21-15-9-5-3-7-13(15)17/h2-9H,10-11,17H2,1H3,(H,18,19). The van der Waals surface area contributed by atoms with Crippen LogP contribution >= 0.6 is 0 Å². The van der Waals surface area contributed by atoms with Crippen molar-refractivity contribution in [1.82, 2.24) is 5.32 Å². The molecule has 2 rings (SSSR count). The summed E-state index contributed by atoms with van der Waals surface area (Å²) in [6.07, 6.45) is 0. The summed E-state index contributed by atoms with van der Waals surface area (Å²) in [4.78, 5) is 12.0. The Morgan fingerprint density at radius 3 is 2.48 bits per heavy atom. The number of benzene rings is 2. The van der Waals surface area contributed by atoms with Gasteiger partial charge in [-0.15, -0.1) is 0 Å². The lowest BCUT2D eigenvalue weighted by Gasteiger charge is -2.11. The highest BCUT2D eigenvalue weighted by Crippen LogP contribution is 2.19. The van der Waals surface area contributed by atoms with E-state index in [1.807, 2.05) is 18.2 Å². The minimum Gasteiger partial charge on any atom is -0.496 e. The number of hydrogen-bond acceptors (Lipinski definition) is 4. The first-order valence-corrected chi connectivity index (χ1v) is 6.61. The highest BCUT2D eigenvalue weighted by Gasteiger charge is 2.10. The van der Waals surface area contributed by atoms with Gasteiger partial charge < -0.3 is 20.5 Å². The van der Waals surface area contributed by atoms with Crippen LogP contribution in [-0.4, -0.2) is 26.2 Å². The number of carbonyl (C=O) groups excluding carboxylic acids is 1. The Balaban J connectivity index is 1.83. The van der Waals surface area contributed by atoms with E-state index in [0.717, 1.165) is 0 Å². The second-order valence-electron chi connectivity index (χ2n) is 4.34. The third-order valence-electron chi connectivity index (χ3n) is 2.92. The Kier molecular flexibility index (Phi) is 5.04. The van der Waals surface area contributed by atoms with Gasteiger partial charge in [0, 0.05) is 0 Å². The second-order valence-corrected chi connectivity index (χ2v) is 4.34. The van der Waals surface area contributed by atoms with Crippen LogP contribution in [0.2, 0.25) is 0 Å². The van der Waals surface area contributed by atoms with Crippen LogP contribution in [0.25, 0.3) is 0 Å². The van der Waals surface area contributed by atoms with Gasteiger partial charge >= 0.3 is 0 Å². The van der Waals surface area contributed by atoms with E-state index in [9.17, 15) is 4.79 Å². The summed E-state index contributed by atoms with van der Waals surface area (Å²) in [7, 11) is 1.54. The van der Waals surface area contributed by atoms with Crippen LogP contribution in [0.5, 0.6) is 11.5 Å². The van der Waals surface area contributed by atoms with E-state index in [1.165, 1.54) is 7.11 Å². The molecule has 5 nitrogen and oxygen atoms in total. The Labute approximate surface area is 123 Å². The number of ether oxygens (including phenoxy) is 2. The minimum absolute atomic E-state index is 0.197. The molecule has 0 spiro atoms.